The molecule has 1 N–H and O–H groups in total. The highest BCUT2D eigenvalue weighted by molar-refractivity contribution is 8.76. The maximum Gasteiger partial charge on any atom is 0.220 e. The van der Waals surface area contributed by atoms with Crippen LogP contribution in [0.1, 0.15) is 12.8 Å². The van der Waals surface area contributed by atoms with E-state index >= 15 is 0 Å². The third-order valence-corrected chi connectivity index (χ3v) is 4.05. The lowest BCUT2D eigenvalue weighted by Crippen LogP contribution is -2.25. The maximum atomic E-state index is 11.2. The van der Waals surface area contributed by atoms with E-state index in [1.54, 1.807) is 27.8 Å². The van der Waals surface area contributed by atoms with Crippen molar-refractivity contribution in [3.05, 3.63) is 24.4 Å². The lowest BCUT2D eigenvalue weighted by atomic mass is 10.3. The fourth-order valence-corrected chi connectivity index (χ4v) is 2.79. The van der Waals surface area contributed by atoms with Gasteiger partial charge in [0, 0.05) is 31.3 Å². The third kappa shape index (κ3) is 6.93. The number of nitrogens with zero attached hydrogens (tertiary/aromatic N) is 1. The van der Waals surface area contributed by atoms with E-state index < -0.39 is 0 Å². The van der Waals surface area contributed by atoms with Crippen molar-refractivity contribution < 1.29 is 4.79 Å². The first-order chi connectivity index (χ1) is 8.33. The predicted octanol–water partition coefficient (Wildman–Crippen LogP) is 2.35. The minimum Gasteiger partial charge on any atom is -0.355 e. The van der Waals surface area contributed by atoms with Crippen LogP contribution in [0.3, 0.4) is 0 Å². The summed E-state index contributed by atoms with van der Waals surface area (Å²) in [6.07, 6.45) is 7.75. The molecule has 0 radical (unpaired) electrons. The van der Waals surface area contributed by atoms with Crippen LogP contribution in [0.25, 0.3) is 0 Å². The summed E-state index contributed by atoms with van der Waals surface area (Å²) < 4.78 is 0. The van der Waals surface area contributed by atoms with Crippen molar-refractivity contribution in [1.82, 2.24) is 10.3 Å². The number of hydrogen-bond donors (Lipinski definition) is 1. The van der Waals surface area contributed by atoms with Crippen LogP contribution in [0, 0.1) is 12.3 Å². The number of rotatable bonds is 7. The number of carbonyl (C=O) groups excluding carboxylic acids is 1. The number of amides is 1. The zero-order valence-electron chi connectivity index (χ0n) is 9.39. The molecular weight excluding hydrogens is 252 g/mol. The highest BCUT2D eigenvalue weighted by Crippen LogP contribution is 2.28. The molecule has 0 aliphatic carbocycles. The molecule has 0 aliphatic rings. The van der Waals surface area contributed by atoms with Gasteiger partial charge in [-0.15, -0.1) is 12.3 Å². The average Bonchev–Trinajstić information content (AvgIpc) is 2.37. The van der Waals surface area contributed by atoms with Gasteiger partial charge in [-0.1, -0.05) is 16.9 Å². The van der Waals surface area contributed by atoms with Crippen molar-refractivity contribution in [2.45, 2.75) is 17.9 Å². The maximum absolute atomic E-state index is 11.2. The molecule has 5 heteroatoms. The topological polar surface area (TPSA) is 42.0 Å². The molecule has 1 aromatic rings. The highest BCUT2D eigenvalue weighted by Gasteiger charge is 1.99. The van der Waals surface area contributed by atoms with Crippen LogP contribution >= 0.6 is 21.6 Å². The Balaban J connectivity index is 2.02. The summed E-state index contributed by atoms with van der Waals surface area (Å²) in [7, 11) is 3.28. The minimum absolute atomic E-state index is 0.0198. The number of aromatic nitrogens is 1. The standard InChI is InChI=1S/C12H14N2OS2/c1-2-3-6-11(15)13-9-10-16-17-12-7-4-5-8-14-12/h1,4-5,7-8H,3,6,9-10H2,(H,13,15). The Hall–Kier alpha value is -1.12. The SMILES string of the molecule is C#CCCC(=O)NCCSSc1ccccn1. The molecule has 3 nitrogen and oxygen atoms in total. The van der Waals surface area contributed by atoms with E-state index in [4.69, 9.17) is 6.42 Å². The molecule has 0 unspecified atom stereocenters. The first kappa shape index (κ1) is 13.9. The van der Waals surface area contributed by atoms with Crippen LogP contribution in [0.15, 0.2) is 29.4 Å². The van der Waals surface area contributed by atoms with E-state index in [0.29, 0.717) is 19.4 Å². The molecule has 0 fully saturated rings. The minimum atomic E-state index is 0.0198. The fraction of sp³-hybridized carbons (Fsp3) is 0.333. The van der Waals surface area contributed by atoms with Crippen molar-refractivity contribution in [2.75, 3.05) is 12.3 Å². The smallest absolute Gasteiger partial charge is 0.220 e. The summed E-state index contributed by atoms with van der Waals surface area (Å²) in [5, 5.41) is 3.80. The number of nitrogens with one attached hydrogen (secondary N) is 1. The van der Waals surface area contributed by atoms with Gasteiger partial charge in [0.15, 0.2) is 0 Å². The average molecular weight is 266 g/mol. The van der Waals surface area contributed by atoms with E-state index in [2.05, 4.69) is 16.2 Å². The molecule has 17 heavy (non-hydrogen) atoms. The van der Waals surface area contributed by atoms with E-state index in [0.717, 1.165) is 10.8 Å². The molecule has 1 aromatic heterocycles. The Morgan fingerprint density at radius 3 is 3.12 bits per heavy atom. The molecule has 0 saturated carbocycles. The summed E-state index contributed by atoms with van der Waals surface area (Å²) in [6.45, 7) is 0.661. The van der Waals surface area contributed by atoms with Gasteiger partial charge >= 0.3 is 0 Å². The molecule has 0 bridgehead atoms. The summed E-state index contributed by atoms with van der Waals surface area (Å²) in [6, 6.07) is 5.81. The monoisotopic (exact) mass is 266 g/mol. The van der Waals surface area contributed by atoms with Gasteiger partial charge in [-0.2, -0.15) is 0 Å². The van der Waals surface area contributed by atoms with Crippen LogP contribution in [0.2, 0.25) is 0 Å². The Bertz CT molecular complexity index is 376. The number of terminal acetylenes is 1. The number of carbonyl (C=O) groups is 1. The zero-order valence-corrected chi connectivity index (χ0v) is 11.0. The second-order valence-corrected chi connectivity index (χ2v) is 5.56. The Morgan fingerprint density at radius 2 is 2.41 bits per heavy atom. The largest absolute Gasteiger partial charge is 0.355 e. The van der Waals surface area contributed by atoms with Gasteiger partial charge in [0.1, 0.15) is 5.03 Å². The van der Waals surface area contributed by atoms with E-state index in [-0.39, 0.29) is 5.91 Å². The normalized spacial score (nSPS) is 9.59. The quantitative estimate of drug-likeness (QED) is 0.467. The molecule has 0 aliphatic heterocycles. The first-order valence-electron chi connectivity index (χ1n) is 5.23. The molecule has 0 saturated heterocycles. The Labute approximate surface area is 110 Å². The molecule has 0 atom stereocenters. The van der Waals surface area contributed by atoms with E-state index in [1.165, 1.54) is 0 Å². The van der Waals surface area contributed by atoms with Gasteiger partial charge in [0.25, 0.3) is 0 Å². The van der Waals surface area contributed by atoms with E-state index in [9.17, 15) is 4.79 Å². The summed E-state index contributed by atoms with van der Waals surface area (Å²) in [5.74, 6) is 3.31. The predicted molar refractivity (Wildman–Crippen MR) is 73.6 cm³/mol. The fourth-order valence-electron chi connectivity index (χ4n) is 1.00. The summed E-state index contributed by atoms with van der Waals surface area (Å²) >= 11 is 0. The second-order valence-electron chi connectivity index (χ2n) is 3.13. The van der Waals surface area contributed by atoms with Gasteiger partial charge < -0.3 is 5.32 Å². The van der Waals surface area contributed by atoms with Gasteiger partial charge in [0.2, 0.25) is 5.91 Å². The van der Waals surface area contributed by atoms with Crippen LogP contribution in [-0.4, -0.2) is 23.2 Å². The van der Waals surface area contributed by atoms with Gasteiger partial charge in [-0.05, 0) is 22.9 Å². The molecule has 1 rings (SSSR count). The van der Waals surface area contributed by atoms with Gasteiger partial charge in [0.05, 0.1) is 0 Å². The Kier molecular flexibility index (Phi) is 7.35. The lowest BCUT2D eigenvalue weighted by molar-refractivity contribution is -0.120. The third-order valence-electron chi connectivity index (χ3n) is 1.79. The summed E-state index contributed by atoms with van der Waals surface area (Å²) in [4.78, 5) is 15.4. The molecule has 1 heterocycles. The number of pyridine rings is 1. The van der Waals surface area contributed by atoms with Crippen molar-refractivity contribution in [2.24, 2.45) is 0 Å². The van der Waals surface area contributed by atoms with Crippen LogP contribution in [-0.2, 0) is 4.79 Å². The number of hydrogen-bond acceptors (Lipinski definition) is 4. The molecule has 0 aromatic carbocycles. The zero-order chi connectivity index (χ0) is 12.3. The highest BCUT2D eigenvalue weighted by atomic mass is 33.1. The molecule has 90 valence electrons. The molecule has 1 amide bonds. The van der Waals surface area contributed by atoms with E-state index in [1.807, 2.05) is 18.2 Å². The van der Waals surface area contributed by atoms with Crippen molar-refractivity contribution >= 4 is 27.5 Å². The van der Waals surface area contributed by atoms with Crippen LogP contribution in [0.4, 0.5) is 0 Å². The van der Waals surface area contributed by atoms with Crippen molar-refractivity contribution in [3.8, 4) is 12.3 Å². The summed E-state index contributed by atoms with van der Waals surface area (Å²) in [5.41, 5.74) is 0. The van der Waals surface area contributed by atoms with Gasteiger partial charge in [-0.3, -0.25) is 4.79 Å². The molecule has 0 spiro atoms. The lowest BCUT2D eigenvalue weighted by Gasteiger charge is -2.03. The Morgan fingerprint density at radius 1 is 1.53 bits per heavy atom. The van der Waals surface area contributed by atoms with Gasteiger partial charge in [-0.25, -0.2) is 4.98 Å². The second kappa shape index (κ2) is 8.97. The van der Waals surface area contributed by atoms with Crippen LogP contribution in [0.5, 0.6) is 0 Å². The van der Waals surface area contributed by atoms with Crippen molar-refractivity contribution in [1.29, 1.82) is 0 Å². The first-order valence-corrected chi connectivity index (χ1v) is 7.55. The van der Waals surface area contributed by atoms with Crippen LogP contribution < -0.4 is 5.32 Å². The molecular formula is C12H14N2OS2. The van der Waals surface area contributed by atoms with Crippen molar-refractivity contribution in [3.63, 3.8) is 0 Å².